The Morgan fingerprint density at radius 1 is 1.60 bits per heavy atom. The van der Waals surface area contributed by atoms with Gasteiger partial charge >= 0.3 is 0 Å². The number of nitrogens with zero attached hydrogens (tertiary/aromatic N) is 2. The molecule has 0 spiro atoms. The van der Waals surface area contributed by atoms with Crippen molar-refractivity contribution in [2.24, 2.45) is 5.10 Å². The Balaban J connectivity index is 2.59. The summed E-state index contributed by atoms with van der Waals surface area (Å²) in [5, 5.41) is 18.3. The number of non-ortho nitro benzene ring substituents is 1. The minimum atomic E-state index is -0.488. The maximum atomic E-state index is 10.7. The van der Waals surface area contributed by atoms with Crippen molar-refractivity contribution in [2.75, 3.05) is 6.54 Å². The Morgan fingerprint density at radius 2 is 2.35 bits per heavy atom. The Kier molecular flexibility index (Phi) is 6.89. The number of benzene rings is 1. The molecule has 1 aromatic rings. The summed E-state index contributed by atoms with van der Waals surface area (Å²) >= 11 is 10.9. The largest absolute Gasteiger partial charge is 0.361 e. The van der Waals surface area contributed by atoms with Crippen LogP contribution in [-0.2, 0) is 0 Å². The number of hydrogen-bond donors (Lipinski definition) is 2. The number of hydrogen-bond acceptors (Lipinski definition) is 4. The van der Waals surface area contributed by atoms with E-state index in [9.17, 15) is 10.1 Å². The summed E-state index contributed by atoms with van der Waals surface area (Å²) in [6, 6.07) is 4.14. The molecular weight excluding hydrogens is 300 g/mol. The predicted molar refractivity (Wildman–Crippen MR) is 84.3 cm³/mol. The molecule has 108 valence electrons. The zero-order valence-corrected chi connectivity index (χ0v) is 12.5. The summed E-state index contributed by atoms with van der Waals surface area (Å²) < 4.78 is 0. The molecule has 0 heterocycles. The third kappa shape index (κ3) is 5.50. The monoisotopic (exact) mass is 314 g/mol. The van der Waals surface area contributed by atoms with Crippen molar-refractivity contribution in [3.05, 3.63) is 38.9 Å². The van der Waals surface area contributed by atoms with E-state index in [2.05, 4.69) is 22.8 Å². The molecular formula is C12H15ClN4O2S. The van der Waals surface area contributed by atoms with E-state index in [4.69, 9.17) is 23.8 Å². The van der Waals surface area contributed by atoms with Crippen LogP contribution >= 0.6 is 23.8 Å². The van der Waals surface area contributed by atoms with Crippen molar-refractivity contribution in [2.45, 2.75) is 19.8 Å². The fourth-order valence-corrected chi connectivity index (χ4v) is 1.64. The van der Waals surface area contributed by atoms with E-state index in [-0.39, 0.29) is 5.69 Å². The fraction of sp³-hybridized carbons (Fsp3) is 0.333. The molecule has 0 aliphatic rings. The van der Waals surface area contributed by atoms with Gasteiger partial charge in [-0.1, -0.05) is 24.9 Å². The highest BCUT2D eigenvalue weighted by Crippen LogP contribution is 2.20. The van der Waals surface area contributed by atoms with Gasteiger partial charge in [-0.3, -0.25) is 15.5 Å². The van der Waals surface area contributed by atoms with Crippen molar-refractivity contribution in [1.82, 2.24) is 10.7 Å². The van der Waals surface area contributed by atoms with E-state index < -0.39 is 4.92 Å². The van der Waals surface area contributed by atoms with Crippen LogP contribution in [0.2, 0.25) is 5.02 Å². The average Bonchev–Trinajstić information content (AvgIpc) is 2.41. The summed E-state index contributed by atoms with van der Waals surface area (Å²) in [5.41, 5.74) is 3.03. The molecule has 1 rings (SSSR count). The molecule has 2 N–H and O–H groups in total. The van der Waals surface area contributed by atoms with Gasteiger partial charge in [0.05, 0.1) is 11.1 Å². The topological polar surface area (TPSA) is 79.6 Å². The number of thiocarbonyl (C=S) groups is 1. The van der Waals surface area contributed by atoms with Crippen LogP contribution in [0.25, 0.3) is 0 Å². The maximum Gasteiger partial charge on any atom is 0.270 e. The molecule has 0 aromatic heterocycles. The lowest BCUT2D eigenvalue weighted by atomic mass is 10.2. The van der Waals surface area contributed by atoms with E-state index in [1.807, 2.05) is 0 Å². The van der Waals surface area contributed by atoms with Crippen LogP contribution in [0.1, 0.15) is 25.3 Å². The molecule has 0 fully saturated rings. The van der Waals surface area contributed by atoms with Crippen LogP contribution in [-0.4, -0.2) is 22.8 Å². The van der Waals surface area contributed by atoms with Gasteiger partial charge in [0, 0.05) is 29.3 Å². The van der Waals surface area contributed by atoms with Gasteiger partial charge in [0.25, 0.3) is 5.69 Å². The number of nitro benzene ring substituents is 1. The molecule has 8 heteroatoms. The molecule has 0 aliphatic carbocycles. The number of nitrogens with one attached hydrogen (secondary N) is 2. The molecule has 0 saturated heterocycles. The second-order valence-corrected chi connectivity index (χ2v) is 4.76. The van der Waals surface area contributed by atoms with E-state index in [0.29, 0.717) is 15.7 Å². The highest BCUT2D eigenvalue weighted by atomic mass is 35.5. The van der Waals surface area contributed by atoms with Crippen molar-refractivity contribution in [3.8, 4) is 0 Å². The van der Waals surface area contributed by atoms with Crippen LogP contribution in [0.15, 0.2) is 23.3 Å². The third-order valence-corrected chi connectivity index (χ3v) is 2.96. The Labute approximate surface area is 127 Å². The van der Waals surface area contributed by atoms with Crippen molar-refractivity contribution >= 4 is 40.8 Å². The summed E-state index contributed by atoms with van der Waals surface area (Å²) in [5.74, 6) is 0. The highest BCUT2D eigenvalue weighted by Gasteiger charge is 2.08. The number of hydrazone groups is 1. The summed E-state index contributed by atoms with van der Waals surface area (Å²) in [6.07, 6.45) is 3.48. The minimum absolute atomic E-state index is 0.0421. The molecule has 1 aromatic carbocycles. The molecule has 20 heavy (non-hydrogen) atoms. The van der Waals surface area contributed by atoms with Crippen molar-refractivity contribution in [3.63, 3.8) is 0 Å². The van der Waals surface area contributed by atoms with Gasteiger partial charge < -0.3 is 5.32 Å². The second kappa shape index (κ2) is 8.44. The van der Waals surface area contributed by atoms with Crippen LogP contribution < -0.4 is 10.7 Å². The average molecular weight is 315 g/mol. The zero-order chi connectivity index (χ0) is 15.0. The lowest BCUT2D eigenvalue weighted by Gasteiger charge is -2.05. The predicted octanol–water partition coefficient (Wildman–Crippen LogP) is 2.85. The standard InChI is InChI=1S/C12H15ClN4O2S/c1-2-3-6-14-12(20)16-15-8-9-7-10(17(18)19)4-5-11(9)13/h4-5,7-8H,2-3,6H2,1H3,(H2,14,16,20)/b15-8-. The maximum absolute atomic E-state index is 10.7. The second-order valence-electron chi connectivity index (χ2n) is 3.94. The first-order valence-electron chi connectivity index (χ1n) is 6.05. The van der Waals surface area contributed by atoms with E-state index in [1.165, 1.54) is 24.4 Å². The van der Waals surface area contributed by atoms with Gasteiger partial charge in [0.1, 0.15) is 0 Å². The van der Waals surface area contributed by atoms with Crippen LogP contribution in [0.5, 0.6) is 0 Å². The number of rotatable bonds is 6. The highest BCUT2D eigenvalue weighted by molar-refractivity contribution is 7.80. The smallest absolute Gasteiger partial charge is 0.270 e. The normalized spacial score (nSPS) is 10.5. The number of nitro groups is 1. The first-order chi connectivity index (χ1) is 9.54. The van der Waals surface area contributed by atoms with Crippen LogP contribution in [0, 0.1) is 10.1 Å². The summed E-state index contributed by atoms with van der Waals surface area (Å²) in [6.45, 7) is 2.86. The lowest BCUT2D eigenvalue weighted by molar-refractivity contribution is -0.384. The summed E-state index contributed by atoms with van der Waals surface area (Å²) in [4.78, 5) is 10.2. The van der Waals surface area contributed by atoms with E-state index in [0.717, 1.165) is 19.4 Å². The fourth-order valence-electron chi connectivity index (χ4n) is 1.32. The Hall–Kier alpha value is -1.73. The van der Waals surface area contributed by atoms with Crippen LogP contribution in [0.4, 0.5) is 5.69 Å². The zero-order valence-electron chi connectivity index (χ0n) is 10.9. The van der Waals surface area contributed by atoms with Crippen molar-refractivity contribution < 1.29 is 4.92 Å². The van der Waals surface area contributed by atoms with Gasteiger partial charge in [0.2, 0.25) is 0 Å². The molecule has 0 unspecified atom stereocenters. The quantitative estimate of drug-likeness (QED) is 0.277. The number of unbranched alkanes of at least 4 members (excludes halogenated alkanes) is 1. The molecule has 0 radical (unpaired) electrons. The lowest BCUT2D eigenvalue weighted by Crippen LogP contribution is -2.32. The molecule has 0 aliphatic heterocycles. The van der Waals surface area contributed by atoms with E-state index >= 15 is 0 Å². The molecule has 0 amide bonds. The molecule has 0 saturated carbocycles. The Bertz CT molecular complexity index is 522. The molecule has 0 atom stereocenters. The van der Waals surface area contributed by atoms with Gasteiger partial charge in [0.15, 0.2) is 5.11 Å². The van der Waals surface area contributed by atoms with Gasteiger partial charge in [-0.15, -0.1) is 0 Å². The minimum Gasteiger partial charge on any atom is -0.361 e. The van der Waals surface area contributed by atoms with Gasteiger partial charge in [-0.25, -0.2) is 0 Å². The Morgan fingerprint density at radius 3 is 3.00 bits per heavy atom. The van der Waals surface area contributed by atoms with Gasteiger partial charge in [-0.2, -0.15) is 5.10 Å². The third-order valence-electron chi connectivity index (χ3n) is 2.38. The first-order valence-corrected chi connectivity index (χ1v) is 6.84. The first kappa shape index (κ1) is 16.3. The summed E-state index contributed by atoms with van der Waals surface area (Å²) in [7, 11) is 0. The SMILES string of the molecule is CCCCNC(=S)N/N=C\c1cc([N+](=O)[O-])ccc1Cl. The van der Waals surface area contributed by atoms with Crippen molar-refractivity contribution in [1.29, 1.82) is 0 Å². The van der Waals surface area contributed by atoms with Crippen LogP contribution in [0.3, 0.4) is 0 Å². The molecule has 6 nitrogen and oxygen atoms in total. The number of halogens is 1. The van der Waals surface area contributed by atoms with Gasteiger partial charge in [-0.05, 0) is 24.7 Å². The van der Waals surface area contributed by atoms with E-state index in [1.54, 1.807) is 0 Å². The molecule has 0 bridgehead atoms.